The second-order valence-electron chi connectivity index (χ2n) is 9.60. The summed E-state index contributed by atoms with van der Waals surface area (Å²) in [5.41, 5.74) is 1.23. The van der Waals surface area contributed by atoms with Crippen LogP contribution in [0.4, 0.5) is 45.5 Å². The molecule has 12 nitrogen and oxygen atoms in total. The van der Waals surface area contributed by atoms with E-state index in [4.69, 9.17) is 34.4 Å². The maximum atomic E-state index is 10.6. The van der Waals surface area contributed by atoms with Gasteiger partial charge < -0.3 is 25.0 Å². The van der Waals surface area contributed by atoms with Crippen LogP contribution in [0.25, 0.3) is 0 Å². The van der Waals surface area contributed by atoms with Crippen molar-refractivity contribution in [3.8, 4) is 0 Å². The first-order valence-electron chi connectivity index (χ1n) is 12.7. The van der Waals surface area contributed by atoms with Crippen molar-refractivity contribution in [2.45, 2.75) is 56.0 Å². The van der Waals surface area contributed by atoms with E-state index < -0.39 is 36.4 Å². The first-order chi connectivity index (χ1) is 21.1. The number of anilines is 1. The summed E-state index contributed by atoms with van der Waals surface area (Å²) < 4.78 is 102. The molecule has 0 aliphatic carbocycles. The number of likely N-dealkylation sites (N-methyl/N-ethyl adjacent to an activating group) is 1. The van der Waals surface area contributed by atoms with Crippen molar-refractivity contribution in [2.24, 2.45) is 0 Å². The number of alkyl halides is 9. The first kappa shape index (κ1) is 39.8. The highest BCUT2D eigenvalue weighted by atomic mass is 19.4. The zero-order valence-electron chi connectivity index (χ0n) is 23.7. The van der Waals surface area contributed by atoms with Gasteiger partial charge in [0.05, 0.1) is 18.2 Å². The molecule has 0 radical (unpaired) electrons. The molecule has 4 heterocycles. The molecular weight excluding hydrogens is 653 g/mol. The van der Waals surface area contributed by atoms with Crippen LogP contribution < -0.4 is 4.90 Å². The van der Waals surface area contributed by atoms with E-state index in [0.29, 0.717) is 6.04 Å². The number of ether oxygens (including phenoxy) is 1. The fraction of sp³-hybridized carbons (Fsp3) is 0.520. The molecule has 2 aromatic rings. The molecular formula is C25H28F9N5O7. The lowest BCUT2D eigenvalue weighted by molar-refractivity contribution is -0.193. The smallest absolute Gasteiger partial charge is 0.475 e. The maximum absolute atomic E-state index is 10.6. The molecule has 46 heavy (non-hydrogen) atoms. The van der Waals surface area contributed by atoms with Gasteiger partial charge in [-0.1, -0.05) is 6.07 Å². The Morgan fingerprint density at radius 3 is 1.85 bits per heavy atom. The molecule has 2 saturated heterocycles. The first-order valence-corrected chi connectivity index (χ1v) is 12.7. The minimum absolute atomic E-state index is 0.0336. The molecule has 4 rings (SSSR count). The van der Waals surface area contributed by atoms with Crippen LogP contribution in [-0.2, 0) is 25.7 Å². The number of rotatable bonds is 4. The summed E-state index contributed by atoms with van der Waals surface area (Å²) in [7, 11) is 2.07. The lowest BCUT2D eigenvalue weighted by atomic mass is 9.88. The van der Waals surface area contributed by atoms with Gasteiger partial charge in [-0.3, -0.25) is 9.88 Å². The lowest BCUT2D eigenvalue weighted by Gasteiger charge is -2.40. The van der Waals surface area contributed by atoms with Crippen molar-refractivity contribution in [2.75, 3.05) is 31.6 Å². The average molecular weight is 682 g/mol. The summed E-state index contributed by atoms with van der Waals surface area (Å²) in [5, 5.41) is 21.4. The van der Waals surface area contributed by atoms with Gasteiger partial charge in [0.1, 0.15) is 0 Å². The molecule has 0 saturated carbocycles. The normalized spacial score (nSPS) is 19.7. The number of carbonyl (C=O) groups is 3. The van der Waals surface area contributed by atoms with E-state index in [1.807, 2.05) is 24.5 Å². The Bertz CT molecular complexity index is 1200. The van der Waals surface area contributed by atoms with E-state index in [1.165, 1.54) is 12.0 Å². The fourth-order valence-electron chi connectivity index (χ4n) is 4.07. The van der Waals surface area contributed by atoms with E-state index in [1.54, 1.807) is 12.4 Å². The number of nitrogens with zero attached hydrogens (tertiary/aromatic N) is 5. The van der Waals surface area contributed by atoms with Gasteiger partial charge in [-0.05, 0) is 37.1 Å². The fourth-order valence-corrected chi connectivity index (χ4v) is 4.07. The van der Waals surface area contributed by atoms with Crippen molar-refractivity contribution in [3.05, 3.63) is 48.5 Å². The highest BCUT2D eigenvalue weighted by Crippen LogP contribution is 2.37. The van der Waals surface area contributed by atoms with Crippen molar-refractivity contribution in [1.82, 2.24) is 19.9 Å². The molecule has 0 bridgehead atoms. The molecule has 2 unspecified atom stereocenters. The zero-order valence-corrected chi connectivity index (χ0v) is 23.7. The third-order valence-corrected chi connectivity index (χ3v) is 6.08. The van der Waals surface area contributed by atoms with Gasteiger partial charge in [-0.25, -0.2) is 24.4 Å². The van der Waals surface area contributed by atoms with Crippen LogP contribution in [0.5, 0.6) is 0 Å². The number of hydrogen-bond donors (Lipinski definition) is 3. The standard InChI is InChI=1S/C19H25N5O.3C2HF3O2/c1-23(18-21-8-4-9-22-18)17-11-19(25-14-17)6-3-10-24(15-19)13-16-5-2-7-20-12-16;3*3-2(4,5)1(6)7/h2,4-5,7-9,12,17H,3,6,10-11,13-15H2,1H3;3*(H,6,7). The monoisotopic (exact) mass is 681 g/mol. The van der Waals surface area contributed by atoms with E-state index in [0.717, 1.165) is 45.0 Å². The van der Waals surface area contributed by atoms with E-state index in [9.17, 15) is 39.5 Å². The van der Waals surface area contributed by atoms with Crippen molar-refractivity contribution < 1.29 is 74.0 Å². The summed E-state index contributed by atoms with van der Waals surface area (Å²) in [6.45, 7) is 3.81. The van der Waals surface area contributed by atoms with Gasteiger partial charge in [0.15, 0.2) is 0 Å². The van der Waals surface area contributed by atoms with Gasteiger partial charge >= 0.3 is 36.4 Å². The summed E-state index contributed by atoms with van der Waals surface area (Å²) >= 11 is 0. The van der Waals surface area contributed by atoms with Crippen molar-refractivity contribution in [3.63, 3.8) is 0 Å². The van der Waals surface area contributed by atoms with Crippen molar-refractivity contribution >= 4 is 23.9 Å². The molecule has 2 aliphatic rings. The molecule has 3 N–H and O–H groups in total. The third-order valence-electron chi connectivity index (χ3n) is 6.08. The number of halogens is 9. The van der Waals surface area contributed by atoms with E-state index >= 15 is 0 Å². The van der Waals surface area contributed by atoms with Crippen LogP contribution in [-0.4, -0.2) is 110 Å². The maximum Gasteiger partial charge on any atom is 0.490 e. The quantitative estimate of drug-likeness (QED) is 0.398. The van der Waals surface area contributed by atoms with E-state index in [-0.39, 0.29) is 5.60 Å². The number of pyridine rings is 1. The minimum Gasteiger partial charge on any atom is -0.475 e. The topological polar surface area (TPSA) is 166 Å². The van der Waals surface area contributed by atoms with Crippen LogP contribution in [0.1, 0.15) is 24.8 Å². The Hall–Kier alpha value is -4.27. The van der Waals surface area contributed by atoms with Gasteiger partial charge in [-0.15, -0.1) is 0 Å². The Labute approximate surface area is 254 Å². The molecule has 258 valence electrons. The highest BCUT2D eigenvalue weighted by molar-refractivity contribution is 5.73. The Kier molecular flexibility index (Phi) is 14.6. The number of piperidine rings is 1. The van der Waals surface area contributed by atoms with Crippen LogP contribution in [0.15, 0.2) is 43.0 Å². The molecule has 21 heteroatoms. The Morgan fingerprint density at radius 1 is 0.913 bits per heavy atom. The predicted octanol–water partition coefficient (Wildman–Crippen LogP) is 4.03. The second kappa shape index (κ2) is 16.9. The molecule has 2 aliphatic heterocycles. The second-order valence-corrected chi connectivity index (χ2v) is 9.60. The molecule has 1 spiro atoms. The molecule has 2 aromatic heterocycles. The number of carboxylic acid groups (broad SMARTS) is 3. The molecule has 0 amide bonds. The summed E-state index contributed by atoms with van der Waals surface area (Å²) in [6.07, 6.45) is -4.53. The summed E-state index contributed by atoms with van der Waals surface area (Å²) in [4.78, 5) is 44.3. The van der Waals surface area contributed by atoms with Crippen LogP contribution in [0.3, 0.4) is 0 Å². The van der Waals surface area contributed by atoms with Crippen LogP contribution in [0.2, 0.25) is 0 Å². The number of likely N-dealkylation sites (tertiary alicyclic amines) is 1. The van der Waals surface area contributed by atoms with Gasteiger partial charge in [-0.2, -0.15) is 39.5 Å². The van der Waals surface area contributed by atoms with Crippen molar-refractivity contribution in [1.29, 1.82) is 0 Å². The summed E-state index contributed by atoms with van der Waals surface area (Å²) in [6, 6.07) is 6.33. The largest absolute Gasteiger partial charge is 0.490 e. The number of carboxylic acids is 3. The van der Waals surface area contributed by atoms with Gasteiger partial charge in [0.2, 0.25) is 5.95 Å². The SMILES string of the molecule is CN(c1ncccn1)C1COC2(CCCN(Cc3cccnc3)C2)C1.O=C(O)C(F)(F)F.O=C(O)C(F)(F)F.O=C(O)C(F)(F)F. The van der Waals surface area contributed by atoms with E-state index in [2.05, 4.69) is 37.9 Å². The molecule has 2 fully saturated rings. The Balaban J connectivity index is 0.000000413. The number of aromatic nitrogens is 3. The Morgan fingerprint density at radius 2 is 1.41 bits per heavy atom. The highest BCUT2D eigenvalue weighted by Gasteiger charge is 2.45. The molecule has 0 aromatic carbocycles. The van der Waals surface area contributed by atoms with Gasteiger partial charge in [0.25, 0.3) is 0 Å². The van der Waals surface area contributed by atoms with Crippen LogP contribution >= 0.6 is 0 Å². The average Bonchev–Trinajstić information content (AvgIpc) is 3.36. The number of aliphatic carboxylic acids is 3. The molecule has 2 atom stereocenters. The lowest BCUT2D eigenvalue weighted by Crippen LogP contribution is -2.48. The van der Waals surface area contributed by atoms with Crippen LogP contribution in [0, 0.1) is 0 Å². The summed E-state index contributed by atoms with van der Waals surface area (Å²) in [5.74, 6) is -7.50. The van der Waals surface area contributed by atoms with Gasteiger partial charge in [0, 0.05) is 51.3 Å². The third kappa shape index (κ3) is 14.2. The predicted molar refractivity (Wildman–Crippen MR) is 137 cm³/mol. The zero-order chi connectivity index (χ0) is 35.3. The number of hydrogen-bond acceptors (Lipinski definition) is 9. The minimum atomic E-state index is -5.08.